The van der Waals surface area contributed by atoms with Crippen LogP contribution in [-0.4, -0.2) is 6.36 Å². The predicted molar refractivity (Wildman–Crippen MR) is 104 cm³/mol. The molecule has 31 heavy (non-hydrogen) atoms. The van der Waals surface area contributed by atoms with E-state index in [4.69, 9.17) is 4.74 Å². The Balaban J connectivity index is 1.64. The first-order chi connectivity index (χ1) is 14.6. The Labute approximate surface area is 177 Å². The van der Waals surface area contributed by atoms with Crippen molar-refractivity contribution in [3.05, 3.63) is 59.4 Å². The highest BCUT2D eigenvalue weighted by Crippen LogP contribution is 2.39. The van der Waals surface area contributed by atoms with Crippen LogP contribution in [0.5, 0.6) is 11.5 Å². The van der Waals surface area contributed by atoms with Crippen LogP contribution in [0, 0.1) is 11.7 Å². The molecule has 0 amide bonds. The van der Waals surface area contributed by atoms with Gasteiger partial charge < -0.3 is 9.47 Å². The van der Waals surface area contributed by atoms with Gasteiger partial charge in [-0.25, -0.2) is 4.39 Å². The second-order valence-corrected chi connectivity index (χ2v) is 7.89. The fraction of sp³-hybridized carbons (Fsp3) is 0.478. The van der Waals surface area contributed by atoms with Crippen molar-refractivity contribution in [1.82, 2.24) is 0 Å². The van der Waals surface area contributed by atoms with E-state index in [0.717, 1.165) is 37.2 Å². The van der Waals surface area contributed by atoms with E-state index in [9.17, 15) is 26.3 Å². The van der Waals surface area contributed by atoms with E-state index in [1.165, 1.54) is 25.0 Å². The van der Waals surface area contributed by atoms with E-state index < -0.39 is 29.6 Å². The minimum atomic E-state index is -5.13. The highest BCUT2D eigenvalue weighted by atomic mass is 19.4. The Hall–Kier alpha value is -2.38. The molecular formula is C23H24F6O2. The maximum absolute atomic E-state index is 14.4. The Morgan fingerprint density at radius 3 is 2.06 bits per heavy atom. The molecule has 1 saturated carbocycles. The first kappa shape index (κ1) is 23.3. The van der Waals surface area contributed by atoms with E-state index in [1.54, 1.807) is 12.1 Å². The summed E-state index contributed by atoms with van der Waals surface area (Å²) >= 11 is 0. The van der Waals surface area contributed by atoms with E-state index in [1.807, 2.05) is 0 Å². The fourth-order valence-corrected chi connectivity index (χ4v) is 4.10. The Morgan fingerprint density at radius 2 is 1.52 bits per heavy atom. The van der Waals surface area contributed by atoms with Gasteiger partial charge in [0.15, 0.2) is 11.6 Å². The molecule has 2 aromatic carbocycles. The molecule has 2 aromatic rings. The summed E-state index contributed by atoms with van der Waals surface area (Å²) in [6, 6.07) is 7.75. The maximum Gasteiger partial charge on any atom is 0.573 e. The molecule has 2 nitrogen and oxygen atoms in total. The molecule has 0 radical (unpaired) electrons. The largest absolute Gasteiger partial charge is 0.573 e. The molecule has 1 aliphatic rings. The molecule has 3 rings (SSSR count). The van der Waals surface area contributed by atoms with Crippen molar-refractivity contribution in [3.8, 4) is 11.5 Å². The third-order valence-corrected chi connectivity index (χ3v) is 5.63. The first-order valence-electron chi connectivity index (χ1n) is 10.3. The lowest BCUT2D eigenvalue weighted by atomic mass is 9.77. The van der Waals surface area contributed by atoms with Gasteiger partial charge in [-0.3, -0.25) is 0 Å². The molecule has 0 atom stereocenters. The van der Waals surface area contributed by atoms with Gasteiger partial charge in [-0.05, 0) is 73.4 Å². The zero-order chi connectivity index (χ0) is 22.6. The Bertz CT molecular complexity index is 855. The fourth-order valence-electron chi connectivity index (χ4n) is 4.10. The molecule has 0 saturated heterocycles. The first-order valence-corrected chi connectivity index (χ1v) is 10.3. The van der Waals surface area contributed by atoms with Gasteiger partial charge in [0.2, 0.25) is 0 Å². The zero-order valence-corrected chi connectivity index (χ0v) is 17.0. The summed E-state index contributed by atoms with van der Waals surface area (Å²) in [6.45, 7) is 2.18. The Kier molecular flexibility index (Phi) is 7.06. The monoisotopic (exact) mass is 446 g/mol. The molecule has 0 bridgehead atoms. The summed E-state index contributed by atoms with van der Waals surface area (Å²) in [6.07, 6.45) is -2.20. The third-order valence-electron chi connectivity index (χ3n) is 5.63. The van der Waals surface area contributed by atoms with Gasteiger partial charge in [0.1, 0.15) is 5.75 Å². The minimum absolute atomic E-state index is 0.121. The molecule has 0 aliphatic heterocycles. The van der Waals surface area contributed by atoms with E-state index in [0.29, 0.717) is 18.1 Å². The van der Waals surface area contributed by atoms with Crippen LogP contribution in [0.2, 0.25) is 0 Å². The van der Waals surface area contributed by atoms with Crippen LogP contribution >= 0.6 is 0 Å². The molecule has 8 heteroatoms. The number of hydrogen-bond acceptors (Lipinski definition) is 2. The highest BCUT2D eigenvalue weighted by molar-refractivity contribution is 5.33. The number of alkyl halides is 5. The number of hydrogen-bond donors (Lipinski definition) is 0. The summed E-state index contributed by atoms with van der Waals surface area (Å²) in [5, 5.41) is 0. The molecular weight excluding hydrogens is 422 g/mol. The summed E-state index contributed by atoms with van der Waals surface area (Å²) in [5.74, 6) is -1.73. The van der Waals surface area contributed by atoms with Crippen molar-refractivity contribution in [2.45, 2.75) is 63.8 Å². The molecule has 0 N–H and O–H groups in total. The summed E-state index contributed by atoms with van der Waals surface area (Å²) in [7, 11) is 0. The third kappa shape index (κ3) is 6.31. The number of halogens is 6. The van der Waals surface area contributed by atoms with Crippen molar-refractivity contribution in [2.24, 2.45) is 5.92 Å². The highest BCUT2D eigenvalue weighted by Gasteiger charge is 2.37. The van der Waals surface area contributed by atoms with E-state index in [2.05, 4.69) is 11.7 Å². The van der Waals surface area contributed by atoms with Crippen LogP contribution in [0.25, 0.3) is 0 Å². The van der Waals surface area contributed by atoms with Crippen LogP contribution in [0.4, 0.5) is 26.3 Å². The van der Waals surface area contributed by atoms with Crippen LogP contribution in [0.15, 0.2) is 42.5 Å². The zero-order valence-electron chi connectivity index (χ0n) is 17.0. The quantitative estimate of drug-likeness (QED) is 0.402. The topological polar surface area (TPSA) is 18.5 Å². The maximum atomic E-state index is 14.4. The predicted octanol–water partition coefficient (Wildman–Crippen LogP) is 7.93. The number of ether oxygens (including phenoxy) is 2. The lowest BCUT2D eigenvalue weighted by molar-refractivity contribution is -0.275. The SMILES string of the molecule is CCCC1CCC(c2ccc(OC(F)(F)c3ccc(OC(F)(F)F)c(F)c3)cc2)CC1. The molecule has 0 heterocycles. The molecule has 1 aliphatic carbocycles. The van der Waals surface area contributed by atoms with Crippen molar-refractivity contribution in [3.63, 3.8) is 0 Å². The normalized spacial score (nSPS) is 19.8. The average molecular weight is 446 g/mol. The standard InChI is InChI=1S/C23H24F6O2/c1-2-3-15-4-6-16(7-5-15)17-8-11-19(12-9-17)30-22(25,26)18-10-13-21(20(24)14-18)31-23(27,28)29/h8-16H,2-7H2,1H3. The summed E-state index contributed by atoms with van der Waals surface area (Å²) in [4.78, 5) is 0. The van der Waals surface area contributed by atoms with Crippen molar-refractivity contribution < 1.29 is 35.8 Å². The lowest BCUT2D eigenvalue weighted by Crippen LogP contribution is -2.23. The van der Waals surface area contributed by atoms with Crippen LogP contribution in [0.3, 0.4) is 0 Å². The van der Waals surface area contributed by atoms with Crippen LogP contribution in [0.1, 0.15) is 62.5 Å². The molecule has 0 unspecified atom stereocenters. The number of rotatable bonds is 7. The second kappa shape index (κ2) is 9.40. The Morgan fingerprint density at radius 1 is 0.871 bits per heavy atom. The number of benzene rings is 2. The summed E-state index contributed by atoms with van der Waals surface area (Å²) < 4.78 is 87.4. The van der Waals surface area contributed by atoms with Crippen LogP contribution in [-0.2, 0) is 6.11 Å². The van der Waals surface area contributed by atoms with Crippen molar-refractivity contribution >= 4 is 0 Å². The van der Waals surface area contributed by atoms with Gasteiger partial charge >= 0.3 is 12.5 Å². The average Bonchev–Trinajstić information content (AvgIpc) is 2.70. The smallest absolute Gasteiger partial charge is 0.429 e. The summed E-state index contributed by atoms with van der Waals surface area (Å²) in [5.41, 5.74) is 0.142. The molecule has 170 valence electrons. The van der Waals surface area contributed by atoms with Gasteiger partial charge in [0.05, 0.1) is 5.56 Å². The van der Waals surface area contributed by atoms with Crippen molar-refractivity contribution in [1.29, 1.82) is 0 Å². The van der Waals surface area contributed by atoms with E-state index in [-0.39, 0.29) is 11.8 Å². The van der Waals surface area contributed by atoms with Gasteiger partial charge in [0.25, 0.3) is 0 Å². The molecule has 0 aromatic heterocycles. The second-order valence-electron chi connectivity index (χ2n) is 7.89. The van der Waals surface area contributed by atoms with Gasteiger partial charge in [-0.2, -0.15) is 8.78 Å². The van der Waals surface area contributed by atoms with Gasteiger partial charge in [0, 0.05) is 0 Å². The lowest BCUT2D eigenvalue weighted by Gasteiger charge is -2.28. The molecule has 1 fully saturated rings. The molecule has 0 spiro atoms. The van der Waals surface area contributed by atoms with Crippen LogP contribution < -0.4 is 9.47 Å². The van der Waals surface area contributed by atoms with Gasteiger partial charge in [-0.15, -0.1) is 13.2 Å². The minimum Gasteiger partial charge on any atom is -0.429 e. The van der Waals surface area contributed by atoms with Gasteiger partial charge in [-0.1, -0.05) is 31.9 Å². The van der Waals surface area contributed by atoms with Crippen molar-refractivity contribution in [2.75, 3.05) is 0 Å². The van der Waals surface area contributed by atoms with E-state index >= 15 is 0 Å².